The Labute approximate surface area is 105 Å². The van der Waals surface area contributed by atoms with Crippen LogP contribution in [0, 0.1) is 0 Å². The van der Waals surface area contributed by atoms with Crippen molar-refractivity contribution >= 4 is 5.97 Å². The molecule has 0 saturated carbocycles. The molecule has 2 rings (SSSR count). The average Bonchev–Trinajstić information content (AvgIpc) is 2.76. The molecule has 94 valence electrons. The van der Waals surface area contributed by atoms with Gasteiger partial charge >= 0.3 is 5.97 Å². The summed E-state index contributed by atoms with van der Waals surface area (Å²) in [5.74, 6) is -0.497. The number of aromatic nitrogens is 3. The highest BCUT2D eigenvalue weighted by Gasteiger charge is 2.20. The van der Waals surface area contributed by atoms with E-state index in [1.165, 1.54) is 6.33 Å². The number of nitrogens with zero attached hydrogens (tertiary/aromatic N) is 3. The smallest absolute Gasteiger partial charge is 0.310 e. The van der Waals surface area contributed by atoms with E-state index in [4.69, 9.17) is 0 Å². The summed E-state index contributed by atoms with van der Waals surface area (Å²) in [5.41, 5.74) is 0.826. The van der Waals surface area contributed by atoms with Crippen molar-refractivity contribution in [3.8, 4) is 0 Å². The molecular formula is C13H15N3O2. The molecule has 0 bridgehead atoms. The Morgan fingerprint density at radius 1 is 1.39 bits per heavy atom. The Balaban J connectivity index is 2.09. The predicted molar refractivity (Wildman–Crippen MR) is 66.1 cm³/mol. The summed E-state index contributed by atoms with van der Waals surface area (Å²) in [5, 5.41) is 13.3. The molecule has 5 nitrogen and oxygen atoms in total. The fourth-order valence-electron chi connectivity index (χ4n) is 1.94. The van der Waals surface area contributed by atoms with Crippen LogP contribution in [-0.2, 0) is 18.3 Å². The number of aryl methyl sites for hydroxylation is 2. The first-order valence-electron chi connectivity index (χ1n) is 5.79. The predicted octanol–water partition coefficient (Wildman–Crippen LogP) is 1.62. The Kier molecular flexibility index (Phi) is 3.72. The fourth-order valence-corrected chi connectivity index (χ4v) is 1.94. The zero-order chi connectivity index (χ0) is 13.0. The Morgan fingerprint density at radius 3 is 2.67 bits per heavy atom. The SMILES string of the molecule is Cn1ncnc1CCC(C(=O)O)c1ccccc1. The van der Waals surface area contributed by atoms with Gasteiger partial charge in [-0.15, -0.1) is 0 Å². The molecule has 1 unspecified atom stereocenters. The molecule has 0 fully saturated rings. The van der Waals surface area contributed by atoms with Crippen LogP contribution in [0.5, 0.6) is 0 Å². The summed E-state index contributed by atoms with van der Waals surface area (Å²) in [6.45, 7) is 0. The number of carboxylic acids is 1. The summed E-state index contributed by atoms with van der Waals surface area (Å²) in [6, 6.07) is 9.27. The first-order chi connectivity index (χ1) is 8.68. The lowest BCUT2D eigenvalue weighted by Crippen LogP contribution is -2.13. The number of carboxylic acid groups (broad SMARTS) is 1. The minimum atomic E-state index is -0.802. The molecule has 0 spiro atoms. The average molecular weight is 245 g/mol. The molecule has 1 N–H and O–H groups in total. The molecule has 1 aromatic carbocycles. The number of carbonyl (C=O) groups is 1. The highest BCUT2D eigenvalue weighted by Crippen LogP contribution is 2.21. The van der Waals surface area contributed by atoms with Crippen molar-refractivity contribution in [2.24, 2.45) is 7.05 Å². The van der Waals surface area contributed by atoms with Gasteiger partial charge in [0.2, 0.25) is 0 Å². The number of hydrogen-bond acceptors (Lipinski definition) is 3. The van der Waals surface area contributed by atoms with Gasteiger partial charge in [0.15, 0.2) is 0 Å². The van der Waals surface area contributed by atoms with Crippen LogP contribution in [0.15, 0.2) is 36.7 Å². The van der Waals surface area contributed by atoms with Crippen LogP contribution in [0.2, 0.25) is 0 Å². The van der Waals surface area contributed by atoms with Crippen LogP contribution in [0.3, 0.4) is 0 Å². The van der Waals surface area contributed by atoms with Gasteiger partial charge in [-0.2, -0.15) is 5.10 Å². The number of aliphatic carboxylic acids is 1. The molecule has 0 aliphatic rings. The fraction of sp³-hybridized carbons (Fsp3) is 0.308. The van der Waals surface area contributed by atoms with Gasteiger partial charge in [0.1, 0.15) is 12.2 Å². The molecule has 0 saturated heterocycles. The van der Waals surface area contributed by atoms with E-state index in [1.54, 1.807) is 11.7 Å². The van der Waals surface area contributed by atoms with Crippen molar-refractivity contribution in [2.75, 3.05) is 0 Å². The van der Waals surface area contributed by atoms with Crippen molar-refractivity contribution in [1.82, 2.24) is 14.8 Å². The number of hydrogen-bond donors (Lipinski definition) is 1. The monoisotopic (exact) mass is 245 g/mol. The molecule has 1 atom stereocenters. The molecule has 0 radical (unpaired) electrons. The van der Waals surface area contributed by atoms with Gasteiger partial charge in [0.05, 0.1) is 5.92 Å². The lowest BCUT2D eigenvalue weighted by atomic mass is 9.94. The van der Waals surface area contributed by atoms with E-state index in [1.807, 2.05) is 30.3 Å². The summed E-state index contributed by atoms with van der Waals surface area (Å²) in [6.07, 6.45) is 2.60. The van der Waals surface area contributed by atoms with E-state index in [0.717, 1.165) is 11.4 Å². The van der Waals surface area contributed by atoms with E-state index in [0.29, 0.717) is 12.8 Å². The van der Waals surface area contributed by atoms with E-state index >= 15 is 0 Å². The Bertz CT molecular complexity index is 522. The third kappa shape index (κ3) is 2.74. The molecule has 5 heteroatoms. The molecule has 2 aromatic rings. The maximum atomic E-state index is 11.3. The van der Waals surface area contributed by atoms with E-state index in [9.17, 15) is 9.90 Å². The summed E-state index contributed by atoms with van der Waals surface area (Å²) < 4.78 is 1.67. The largest absolute Gasteiger partial charge is 0.481 e. The third-order valence-electron chi connectivity index (χ3n) is 2.96. The van der Waals surface area contributed by atoms with Crippen molar-refractivity contribution in [1.29, 1.82) is 0 Å². The van der Waals surface area contributed by atoms with Crippen LogP contribution in [-0.4, -0.2) is 25.8 Å². The molecule has 18 heavy (non-hydrogen) atoms. The summed E-state index contributed by atoms with van der Waals surface area (Å²) >= 11 is 0. The standard InChI is InChI=1S/C13H15N3O2/c1-16-12(14-9-15-16)8-7-11(13(17)18)10-5-3-2-4-6-10/h2-6,9,11H,7-8H2,1H3,(H,17,18). The second-order valence-electron chi connectivity index (χ2n) is 4.14. The van der Waals surface area contributed by atoms with Crippen molar-refractivity contribution < 1.29 is 9.90 Å². The molecule has 1 heterocycles. The maximum absolute atomic E-state index is 11.3. The van der Waals surface area contributed by atoms with Crippen LogP contribution < -0.4 is 0 Å². The molecular weight excluding hydrogens is 230 g/mol. The van der Waals surface area contributed by atoms with Gasteiger partial charge in [-0.25, -0.2) is 4.98 Å². The van der Waals surface area contributed by atoms with Crippen molar-refractivity contribution in [3.05, 3.63) is 48.0 Å². The maximum Gasteiger partial charge on any atom is 0.310 e. The number of rotatable bonds is 5. The minimum Gasteiger partial charge on any atom is -0.481 e. The third-order valence-corrected chi connectivity index (χ3v) is 2.96. The van der Waals surface area contributed by atoms with Crippen LogP contribution in [0.4, 0.5) is 0 Å². The Hall–Kier alpha value is -2.17. The molecule has 0 aliphatic heterocycles. The molecule has 1 aromatic heterocycles. The zero-order valence-electron chi connectivity index (χ0n) is 10.2. The highest BCUT2D eigenvalue weighted by molar-refractivity contribution is 5.76. The minimum absolute atomic E-state index is 0.497. The van der Waals surface area contributed by atoms with Gasteiger partial charge in [-0.3, -0.25) is 9.48 Å². The molecule has 0 aliphatic carbocycles. The van der Waals surface area contributed by atoms with Gasteiger partial charge < -0.3 is 5.11 Å². The highest BCUT2D eigenvalue weighted by atomic mass is 16.4. The van der Waals surface area contributed by atoms with Gasteiger partial charge in [0, 0.05) is 13.5 Å². The Morgan fingerprint density at radius 2 is 2.11 bits per heavy atom. The van der Waals surface area contributed by atoms with E-state index in [2.05, 4.69) is 10.1 Å². The van der Waals surface area contributed by atoms with Crippen molar-refractivity contribution in [2.45, 2.75) is 18.8 Å². The van der Waals surface area contributed by atoms with Gasteiger partial charge in [0.25, 0.3) is 0 Å². The second kappa shape index (κ2) is 5.44. The van der Waals surface area contributed by atoms with Crippen molar-refractivity contribution in [3.63, 3.8) is 0 Å². The van der Waals surface area contributed by atoms with Crippen LogP contribution in [0.1, 0.15) is 23.7 Å². The first kappa shape index (κ1) is 12.3. The van der Waals surface area contributed by atoms with Crippen LogP contribution in [0.25, 0.3) is 0 Å². The normalized spacial score (nSPS) is 12.3. The zero-order valence-corrected chi connectivity index (χ0v) is 10.2. The summed E-state index contributed by atoms with van der Waals surface area (Å²) in [4.78, 5) is 15.4. The second-order valence-corrected chi connectivity index (χ2v) is 4.14. The van der Waals surface area contributed by atoms with E-state index < -0.39 is 11.9 Å². The van der Waals surface area contributed by atoms with E-state index in [-0.39, 0.29) is 0 Å². The topological polar surface area (TPSA) is 68.0 Å². The lowest BCUT2D eigenvalue weighted by Gasteiger charge is -2.12. The number of benzene rings is 1. The van der Waals surface area contributed by atoms with Gasteiger partial charge in [-0.1, -0.05) is 30.3 Å². The quantitative estimate of drug-likeness (QED) is 0.869. The lowest BCUT2D eigenvalue weighted by molar-refractivity contribution is -0.139. The summed E-state index contributed by atoms with van der Waals surface area (Å²) in [7, 11) is 1.81. The van der Waals surface area contributed by atoms with Gasteiger partial charge in [-0.05, 0) is 12.0 Å². The first-order valence-corrected chi connectivity index (χ1v) is 5.79. The molecule has 0 amide bonds. The van der Waals surface area contributed by atoms with Crippen LogP contribution >= 0.6 is 0 Å².